The molecule has 4 aliphatic rings. The number of aliphatic imine (C=N–C) groups is 1. The van der Waals surface area contributed by atoms with Crippen LogP contribution in [0.1, 0.15) is 55.6 Å². The highest BCUT2D eigenvalue weighted by molar-refractivity contribution is 6.16. The molecule has 0 N–H and O–H groups in total. The van der Waals surface area contributed by atoms with E-state index in [1.54, 1.807) is 7.05 Å². The van der Waals surface area contributed by atoms with E-state index in [9.17, 15) is 0 Å². The van der Waals surface area contributed by atoms with Crippen molar-refractivity contribution in [1.29, 1.82) is 0 Å². The zero-order valence-corrected chi connectivity index (χ0v) is 59.0. The molecule has 502 valence electrons. The Morgan fingerprint density at radius 1 is 0.269 bits per heavy atom. The van der Waals surface area contributed by atoms with E-state index < -0.39 is 10.8 Å². The lowest BCUT2D eigenvalue weighted by Crippen LogP contribution is -2.25. The van der Waals surface area contributed by atoms with Gasteiger partial charge in [-0.2, -0.15) is 0 Å². The van der Waals surface area contributed by atoms with Gasteiger partial charge in [-0.15, -0.1) is 0 Å². The largest absolute Gasteiger partial charge is 0.439 e. The van der Waals surface area contributed by atoms with E-state index >= 15 is 0 Å². The van der Waals surface area contributed by atoms with Crippen LogP contribution < -0.4 is 0 Å². The zero-order valence-electron chi connectivity index (χ0n) is 59.0. The molecule has 0 bridgehead atoms. The standard InChI is InChI=1S/C103H64N4O/c1-62(66-21-17-22-67(53-66)63-43-45-65(46-44-63)99-87-60-95-85(58-82(87)80-34-8-15-41-97(80)106-99)79-33-7-14-40-93(79)102(95)89-36-10-3-29-75(89)76-30-4-11-37-90(76)102)108-101(104-2)74-28-20-26-71(56-74)72-47-48-94-84(57-72)86-59-83-81-35-9-16-42-98(81)107-100(73-27-19-25-70(55-73)69-24-18-23-68(54-69)64-49-51-105-52-50-64)88(83)61-96(86)103(94)91-38-12-5-31-77(91)78-32-6-13-39-92(78)103/h3-61H,1H2,2H3. The van der Waals surface area contributed by atoms with Crippen LogP contribution in [0.25, 0.3) is 161 Å². The van der Waals surface area contributed by atoms with Crippen LogP contribution in [0.5, 0.6) is 0 Å². The van der Waals surface area contributed by atoms with Crippen molar-refractivity contribution in [2.45, 2.75) is 10.8 Å². The number of rotatable bonds is 9. The molecule has 3 heterocycles. The highest BCUT2D eigenvalue weighted by Gasteiger charge is 2.53. The van der Waals surface area contributed by atoms with Crippen molar-refractivity contribution in [1.82, 2.24) is 15.0 Å². The lowest BCUT2D eigenvalue weighted by Gasteiger charge is -2.31. The van der Waals surface area contributed by atoms with Crippen LogP contribution in [0.2, 0.25) is 0 Å². The molecule has 2 spiro atoms. The maximum Gasteiger partial charge on any atom is 0.221 e. The minimum Gasteiger partial charge on any atom is -0.439 e. The molecule has 0 radical (unpaired) electrons. The molecular formula is C103H64N4O. The van der Waals surface area contributed by atoms with E-state index in [0.29, 0.717) is 11.7 Å². The van der Waals surface area contributed by atoms with Gasteiger partial charge in [0.2, 0.25) is 5.90 Å². The Morgan fingerprint density at radius 3 is 1.17 bits per heavy atom. The maximum absolute atomic E-state index is 6.79. The molecule has 22 rings (SSSR count). The van der Waals surface area contributed by atoms with Crippen LogP contribution in [0, 0.1) is 0 Å². The second-order valence-corrected chi connectivity index (χ2v) is 29.0. The Hall–Kier alpha value is -14.0. The van der Waals surface area contributed by atoms with Crippen molar-refractivity contribution >= 4 is 55.0 Å². The average Bonchev–Trinajstić information content (AvgIpc) is 1.51. The summed E-state index contributed by atoms with van der Waals surface area (Å²) in [5, 5.41) is 6.85. The number of aromatic nitrogens is 3. The summed E-state index contributed by atoms with van der Waals surface area (Å²) in [6.07, 6.45) is 3.70. The SMILES string of the molecule is C=C(OC(=NC)c1cccc(-c2ccc3c(c2)-c2cc4c(cc2C32c3ccccc3-c3ccccc32)c(-c2cccc(-c3cccc(-c5ccncc5)c3)c2)nc2ccccc24)c1)c1cccc(-c2ccc(-c3nc4ccccc4c4cc5c(cc34)C3(c4ccccc4-c4ccccc43)c3ccccc3-5)cc2)c1. The van der Waals surface area contributed by atoms with Crippen LogP contribution >= 0.6 is 0 Å². The number of nitrogens with zero attached hydrogens (tertiary/aromatic N) is 4. The first-order valence-corrected chi connectivity index (χ1v) is 37.0. The van der Waals surface area contributed by atoms with Gasteiger partial charge in [0.25, 0.3) is 0 Å². The van der Waals surface area contributed by atoms with Crippen molar-refractivity contribution in [2.75, 3.05) is 7.05 Å². The number of fused-ring (bicyclic) bond motifs is 26. The van der Waals surface area contributed by atoms with Crippen molar-refractivity contribution in [3.8, 4) is 112 Å². The highest BCUT2D eigenvalue weighted by Crippen LogP contribution is 2.66. The van der Waals surface area contributed by atoms with Gasteiger partial charge in [-0.25, -0.2) is 9.97 Å². The number of benzene rings is 15. The second-order valence-electron chi connectivity index (χ2n) is 29.0. The van der Waals surface area contributed by atoms with Gasteiger partial charge in [-0.1, -0.05) is 267 Å². The molecule has 0 saturated carbocycles. The highest BCUT2D eigenvalue weighted by atomic mass is 16.5. The van der Waals surface area contributed by atoms with Gasteiger partial charge >= 0.3 is 0 Å². The molecule has 0 aliphatic heterocycles. The molecule has 5 heteroatoms. The van der Waals surface area contributed by atoms with Gasteiger partial charge in [-0.3, -0.25) is 9.98 Å². The normalized spacial score (nSPS) is 13.5. The first-order valence-electron chi connectivity index (χ1n) is 37.0. The average molecular weight is 1370 g/mol. The lowest BCUT2D eigenvalue weighted by molar-refractivity contribution is 0.509. The summed E-state index contributed by atoms with van der Waals surface area (Å²) in [7, 11) is 1.79. The Morgan fingerprint density at radius 2 is 0.630 bits per heavy atom. The van der Waals surface area contributed by atoms with Crippen molar-refractivity contribution in [3.63, 3.8) is 0 Å². The molecule has 0 saturated heterocycles. The summed E-state index contributed by atoms with van der Waals surface area (Å²) in [5.41, 5.74) is 35.8. The number of para-hydroxylation sites is 2. The molecular weight excluding hydrogens is 1310 g/mol. The van der Waals surface area contributed by atoms with E-state index in [-0.39, 0.29) is 0 Å². The molecule has 5 nitrogen and oxygen atoms in total. The van der Waals surface area contributed by atoms with Crippen LogP contribution in [0.3, 0.4) is 0 Å². The quantitative estimate of drug-likeness (QED) is 0.0625. The van der Waals surface area contributed by atoms with Gasteiger partial charge in [0.1, 0.15) is 5.76 Å². The zero-order chi connectivity index (χ0) is 71.3. The lowest BCUT2D eigenvalue weighted by atomic mass is 9.70. The third-order valence-corrected chi connectivity index (χ3v) is 23.6. The summed E-state index contributed by atoms with van der Waals surface area (Å²) in [6.45, 7) is 4.55. The van der Waals surface area contributed by atoms with Crippen LogP contribution in [0.15, 0.2) is 370 Å². The first-order chi connectivity index (χ1) is 53.4. The summed E-state index contributed by atoms with van der Waals surface area (Å²) < 4.78 is 6.79. The molecule has 0 unspecified atom stereocenters. The molecule has 0 atom stereocenters. The smallest absolute Gasteiger partial charge is 0.221 e. The van der Waals surface area contributed by atoms with E-state index in [4.69, 9.17) is 19.7 Å². The fourth-order valence-corrected chi connectivity index (χ4v) is 18.9. The summed E-state index contributed by atoms with van der Waals surface area (Å²) >= 11 is 0. The fraction of sp³-hybridized carbons (Fsp3) is 0.0291. The molecule has 4 aliphatic carbocycles. The third kappa shape index (κ3) is 8.94. The number of hydrogen-bond acceptors (Lipinski definition) is 5. The van der Waals surface area contributed by atoms with Crippen molar-refractivity contribution in [3.05, 3.63) is 420 Å². The van der Waals surface area contributed by atoms with E-state index in [1.165, 1.54) is 94.4 Å². The molecule has 18 aromatic rings. The fourth-order valence-electron chi connectivity index (χ4n) is 18.9. The molecule has 0 fully saturated rings. The summed E-state index contributed by atoms with van der Waals surface area (Å²) in [4.78, 5) is 20.2. The summed E-state index contributed by atoms with van der Waals surface area (Å²) in [6, 6.07) is 127. The number of ether oxygens (including phenoxy) is 1. The van der Waals surface area contributed by atoms with Crippen LogP contribution in [0.4, 0.5) is 0 Å². The molecule has 3 aromatic heterocycles. The Bertz CT molecular complexity index is 6850. The Labute approximate surface area is 625 Å². The van der Waals surface area contributed by atoms with Gasteiger partial charge in [0.15, 0.2) is 0 Å². The molecule has 108 heavy (non-hydrogen) atoms. The second kappa shape index (κ2) is 23.8. The minimum atomic E-state index is -0.607. The van der Waals surface area contributed by atoms with Gasteiger partial charge in [0.05, 0.1) is 33.3 Å². The van der Waals surface area contributed by atoms with E-state index in [1.807, 2.05) is 12.4 Å². The number of pyridine rings is 3. The Balaban J connectivity index is 0.599. The molecule has 15 aromatic carbocycles. The summed E-state index contributed by atoms with van der Waals surface area (Å²) in [5.74, 6) is 0.977. The van der Waals surface area contributed by atoms with E-state index in [0.717, 1.165) is 116 Å². The van der Waals surface area contributed by atoms with Gasteiger partial charge in [0, 0.05) is 63.2 Å². The van der Waals surface area contributed by atoms with Crippen LogP contribution in [-0.2, 0) is 15.6 Å². The minimum absolute atomic E-state index is 0.473. The Kier molecular flexibility index (Phi) is 13.5. The van der Waals surface area contributed by atoms with Gasteiger partial charge in [-0.05, 0) is 229 Å². The third-order valence-electron chi connectivity index (χ3n) is 23.6. The van der Waals surface area contributed by atoms with E-state index in [2.05, 4.69) is 357 Å². The molecule has 0 amide bonds. The maximum atomic E-state index is 6.79. The monoisotopic (exact) mass is 1370 g/mol. The van der Waals surface area contributed by atoms with Crippen molar-refractivity contribution < 1.29 is 4.74 Å². The van der Waals surface area contributed by atoms with Crippen LogP contribution in [-0.4, -0.2) is 27.9 Å². The predicted molar refractivity (Wildman–Crippen MR) is 444 cm³/mol. The van der Waals surface area contributed by atoms with Crippen molar-refractivity contribution in [2.24, 2.45) is 4.99 Å². The topological polar surface area (TPSA) is 60.3 Å². The first kappa shape index (κ1) is 61.5. The predicted octanol–water partition coefficient (Wildman–Crippen LogP) is 25.2. The van der Waals surface area contributed by atoms with Gasteiger partial charge < -0.3 is 4.74 Å². The number of hydrogen-bond donors (Lipinski definition) is 0.